The highest BCUT2D eigenvalue weighted by molar-refractivity contribution is 6.22. The molecule has 32 heavy (non-hydrogen) atoms. The van der Waals surface area contributed by atoms with Gasteiger partial charge in [-0.05, 0) is 82.5 Å². The minimum atomic E-state index is -0.447. The van der Waals surface area contributed by atoms with Crippen LogP contribution in [0, 0.1) is 0 Å². The van der Waals surface area contributed by atoms with Crippen molar-refractivity contribution in [3.8, 4) is 11.1 Å². The lowest BCUT2D eigenvalue weighted by molar-refractivity contribution is 0.0484. The maximum absolute atomic E-state index is 12.9. The molecule has 0 aromatic heterocycles. The van der Waals surface area contributed by atoms with Gasteiger partial charge >= 0.3 is 11.9 Å². The van der Waals surface area contributed by atoms with Crippen LogP contribution in [0.2, 0.25) is 0 Å². The van der Waals surface area contributed by atoms with Gasteiger partial charge in [0.25, 0.3) is 0 Å². The lowest BCUT2D eigenvalue weighted by Gasteiger charge is -2.10. The summed E-state index contributed by atoms with van der Waals surface area (Å²) >= 11 is 0. The largest absolute Gasteiger partial charge is 0.462 e. The van der Waals surface area contributed by atoms with Gasteiger partial charge in [0.1, 0.15) is 0 Å². The quantitative estimate of drug-likeness (QED) is 0.356. The average Bonchev–Trinajstić information content (AvgIpc) is 3.04. The van der Waals surface area contributed by atoms with Crippen LogP contribution < -0.4 is 0 Å². The van der Waals surface area contributed by atoms with Gasteiger partial charge in [-0.25, -0.2) is 9.59 Å². The minimum Gasteiger partial charge on any atom is -0.462 e. The molecule has 0 saturated carbocycles. The third kappa shape index (κ3) is 5.60. The molecule has 0 fully saturated rings. The van der Waals surface area contributed by atoms with Crippen molar-refractivity contribution in [2.75, 3.05) is 54.5 Å². The topological polar surface area (TPSA) is 76.1 Å². The Hall–Kier alpha value is -3.03. The van der Waals surface area contributed by atoms with Crippen LogP contribution in [0.1, 0.15) is 49.5 Å². The first-order valence-corrected chi connectivity index (χ1v) is 10.7. The molecule has 0 bridgehead atoms. The van der Waals surface area contributed by atoms with Crippen LogP contribution in [0.4, 0.5) is 0 Å². The Morgan fingerprint density at radius 1 is 0.688 bits per heavy atom. The monoisotopic (exact) mass is 438 g/mol. The van der Waals surface area contributed by atoms with Crippen LogP contribution >= 0.6 is 0 Å². The molecule has 0 saturated heterocycles. The van der Waals surface area contributed by atoms with E-state index in [1.54, 1.807) is 36.4 Å². The normalized spacial score (nSPS) is 12.1. The predicted octanol–water partition coefficient (Wildman–Crippen LogP) is 3.12. The summed E-state index contributed by atoms with van der Waals surface area (Å²) in [6, 6.07) is 9.91. The maximum Gasteiger partial charge on any atom is 0.338 e. The number of rotatable bonds is 10. The molecule has 2 aromatic carbocycles. The molecule has 0 amide bonds. The summed E-state index contributed by atoms with van der Waals surface area (Å²) in [6.07, 6.45) is 1.49. The molecule has 2 aromatic rings. The number of esters is 2. The summed E-state index contributed by atoms with van der Waals surface area (Å²) in [5, 5.41) is 0. The molecule has 0 N–H and O–H groups in total. The van der Waals surface area contributed by atoms with Crippen LogP contribution in [0.25, 0.3) is 11.1 Å². The van der Waals surface area contributed by atoms with Crippen molar-refractivity contribution in [1.82, 2.24) is 9.80 Å². The lowest BCUT2D eigenvalue weighted by atomic mass is 10.0. The maximum atomic E-state index is 12.9. The number of fused-ring (bicyclic) bond motifs is 3. The smallest absolute Gasteiger partial charge is 0.338 e. The third-order valence-electron chi connectivity index (χ3n) is 5.26. The van der Waals surface area contributed by atoms with E-state index in [0.717, 1.165) is 25.9 Å². The average molecular weight is 439 g/mol. The summed E-state index contributed by atoms with van der Waals surface area (Å²) in [5.41, 5.74) is 3.09. The molecule has 0 atom stereocenters. The zero-order valence-electron chi connectivity index (χ0n) is 19.1. The highest BCUT2D eigenvalue weighted by Crippen LogP contribution is 2.37. The molecular formula is C25H30N2O5. The predicted molar refractivity (Wildman–Crippen MR) is 122 cm³/mol. The minimum absolute atomic E-state index is 0.164. The summed E-state index contributed by atoms with van der Waals surface area (Å²) in [6.45, 7) is 2.32. The molecule has 0 spiro atoms. The number of carbonyl (C=O) groups excluding carboxylic acids is 3. The van der Waals surface area contributed by atoms with E-state index in [2.05, 4.69) is 0 Å². The Morgan fingerprint density at radius 2 is 1.16 bits per heavy atom. The summed E-state index contributed by atoms with van der Waals surface area (Å²) in [4.78, 5) is 41.7. The molecule has 1 aliphatic rings. The van der Waals surface area contributed by atoms with Crippen molar-refractivity contribution in [3.63, 3.8) is 0 Å². The van der Waals surface area contributed by atoms with E-state index in [0.29, 0.717) is 46.6 Å². The molecule has 0 radical (unpaired) electrons. The second kappa shape index (κ2) is 10.5. The second-order valence-corrected chi connectivity index (χ2v) is 8.44. The zero-order valence-corrected chi connectivity index (χ0v) is 19.1. The fourth-order valence-corrected chi connectivity index (χ4v) is 3.59. The number of ketones is 1. The van der Waals surface area contributed by atoms with Crippen molar-refractivity contribution in [2.45, 2.75) is 12.8 Å². The fraction of sp³-hybridized carbons (Fsp3) is 0.400. The standard InChI is InChI=1S/C25H30N2O5/c1-26(2)11-5-13-31-24(29)17-8-10-20-21(15-17)19-9-7-18(16-22(19)23(20)28)25(30)32-14-6-12-27(3)4/h7-10,15-16H,5-6,11-14H2,1-4H3. The lowest BCUT2D eigenvalue weighted by Crippen LogP contribution is -2.16. The number of hydrogen-bond acceptors (Lipinski definition) is 7. The summed E-state index contributed by atoms with van der Waals surface area (Å²) < 4.78 is 10.7. The highest BCUT2D eigenvalue weighted by Gasteiger charge is 2.29. The Balaban J connectivity index is 1.70. The van der Waals surface area contributed by atoms with Crippen LogP contribution in [0.5, 0.6) is 0 Å². The SMILES string of the molecule is CN(C)CCCOC(=O)c1ccc2c(c1)C(=O)c1ccc(C(=O)OCCCN(C)C)cc1-2. The van der Waals surface area contributed by atoms with Gasteiger partial charge in [-0.15, -0.1) is 0 Å². The van der Waals surface area contributed by atoms with E-state index in [4.69, 9.17) is 9.47 Å². The van der Waals surface area contributed by atoms with Crippen LogP contribution in [-0.2, 0) is 9.47 Å². The molecule has 0 unspecified atom stereocenters. The number of ether oxygens (including phenoxy) is 2. The molecular weight excluding hydrogens is 408 g/mol. The van der Waals surface area contributed by atoms with Gasteiger partial charge in [0.05, 0.1) is 24.3 Å². The van der Waals surface area contributed by atoms with Crippen molar-refractivity contribution in [1.29, 1.82) is 0 Å². The molecule has 7 heteroatoms. The molecule has 0 aliphatic heterocycles. The van der Waals surface area contributed by atoms with Gasteiger partial charge in [0.2, 0.25) is 0 Å². The van der Waals surface area contributed by atoms with Gasteiger partial charge in [-0.2, -0.15) is 0 Å². The zero-order chi connectivity index (χ0) is 23.3. The van der Waals surface area contributed by atoms with Crippen LogP contribution in [0.3, 0.4) is 0 Å². The van der Waals surface area contributed by atoms with Crippen molar-refractivity contribution in [2.24, 2.45) is 0 Å². The Kier molecular flexibility index (Phi) is 7.77. The molecule has 3 rings (SSSR count). The van der Waals surface area contributed by atoms with E-state index >= 15 is 0 Å². The number of benzene rings is 2. The second-order valence-electron chi connectivity index (χ2n) is 8.44. The first-order valence-electron chi connectivity index (χ1n) is 10.7. The van der Waals surface area contributed by atoms with Crippen LogP contribution in [0.15, 0.2) is 36.4 Å². The molecule has 1 aliphatic carbocycles. The van der Waals surface area contributed by atoms with Crippen molar-refractivity contribution < 1.29 is 23.9 Å². The first kappa shape index (κ1) is 23.6. The Morgan fingerprint density at radius 3 is 1.66 bits per heavy atom. The number of carbonyl (C=O) groups is 3. The fourth-order valence-electron chi connectivity index (χ4n) is 3.59. The van der Waals surface area contributed by atoms with E-state index in [-0.39, 0.29) is 5.78 Å². The highest BCUT2D eigenvalue weighted by atomic mass is 16.5. The molecule has 0 heterocycles. The van der Waals surface area contributed by atoms with Gasteiger partial charge < -0.3 is 19.3 Å². The summed E-state index contributed by atoms with van der Waals surface area (Å²) in [5.74, 6) is -1.02. The number of nitrogens with zero attached hydrogens (tertiary/aromatic N) is 2. The van der Waals surface area contributed by atoms with Crippen molar-refractivity contribution in [3.05, 3.63) is 58.7 Å². The van der Waals surface area contributed by atoms with Crippen LogP contribution in [-0.4, -0.2) is 82.0 Å². The summed E-state index contributed by atoms with van der Waals surface area (Å²) in [7, 11) is 7.85. The third-order valence-corrected chi connectivity index (χ3v) is 5.26. The Labute approximate surface area is 188 Å². The van der Waals surface area contributed by atoms with E-state index in [1.165, 1.54) is 0 Å². The van der Waals surface area contributed by atoms with E-state index in [1.807, 2.05) is 38.0 Å². The molecule has 7 nitrogen and oxygen atoms in total. The van der Waals surface area contributed by atoms with Crippen molar-refractivity contribution >= 4 is 17.7 Å². The first-order chi connectivity index (χ1) is 15.3. The van der Waals surface area contributed by atoms with E-state index in [9.17, 15) is 14.4 Å². The van der Waals surface area contributed by atoms with Gasteiger partial charge in [0, 0.05) is 24.2 Å². The van der Waals surface area contributed by atoms with Gasteiger partial charge in [0.15, 0.2) is 5.78 Å². The van der Waals surface area contributed by atoms with Gasteiger partial charge in [-0.1, -0.05) is 6.07 Å². The van der Waals surface area contributed by atoms with E-state index < -0.39 is 11.9 Å². The molecule has 170 valence electrons. The number of hydrogen-bond donors (Lipinski definition) is 0. The Bertz CT molecular complexity index is 1010. The van der Waals surface area contributed by atoms with Gasteiger partial charge in [-0.3, -0.25) is 4.79 Å².